The lowest BCUT2D eigenvalue weighted by Gasteiger charge is -2.13. The van der Waals surface area contributed by atoms with Gasteiger partial charge in [0.25, 0.3) is 0 Å². The van der Waals surface area contributed by atoms with Crippen molar-refractivity contribution in [3.8, 4) is 5.75 Å². The van der Waals surface area contributed by atoms with Gasteiger partial charge < -0.3 is 10.1 Å². The first-order chi connectivity index (χ1) is 9.10. The summed E-state index contributed by atoms with van der Waals surface area (Å²) in [5, 5.41) is 14.4. The van der Waals surface area contributed by atoms with E-state index in [0.717, 1.165) is 12.0 Å². The van der Waals surface area contributed by atoms with E-state index < -0.39 is 0 Å². The van der Waals surface area contributed by atoms with Gasteiger partial charge in [-0.25, -0.2) is 0 Å². The van der Waals surface area contributed by atoms with Crippen LogP contribution in [-0.4, -0.2) is 17.1 Å². The molecule has 2 rings (SSSR count). The highest BCUT2D eigenvalue weighted by atomic mass is 16.6. The number of rotatable bonds is 7. The van der Waals surface area contributed by atoms with Gasteiger partial charge in [0.05, 0.1) is 11.0 Å². The molecule has 0 heterocycles. The van der Waals surface area contributed by atoms with E-state index in [0.29, 0.717) is 18.3 Å². The number of hydrogen-bond donors (Lipinski definition) is 1. The molecule has 1 fully saturated rings. The van der Waals surface area contributed by atoms with Gasteiger partial charge in [-0.3, -0.25) is 10.1 Å². The van der Waals surface area contributed by atoms with Crippen LogP contribution in [0.5, 0.6) is 5.75 Å². The zero-order chi connectivity index (χ0) is 13.8. The van der Waals surface area contributed by atoms with Crippen molar-refractivity contribution < 1.29 is 9.66 Å². The Morgan fingerprint density at radius 3 is 2.84 bits per heavy atom. The fourth-order valence-corrected chi connectivity index (χ4v) is 1.76. The van der Waals surface area contributed by atoms with Gasteiger partial charge in [-0.05, 0) is 37.8 Å². The lowest BCUT2D eigenvalue weighted by atomic mass is 10.2. The highest BCUT2D eigenvalue weighted by Crippen LogP contribution is 2.29. The lowest BCUT2D eigenvalue weighted by Crippen LogP contribution is -2.16. The summed E-state index contributed by atoms with van der Waals surface area (Å²) in [7, 11) is 0. The Kier molecular flexibility index (Phi) is 4.37. The molecule has 19 heavy (non-hydrogen) atoms. The van der Waals surface area contributed by atoms with E-state index in [1.807, 2.05) is 19.9 Å². The van der Waals surface area contributed by atoms with Crippen LogP contribution in [0.4, 0.5) is 5.69 Å². The second-order valence-corrected chi connectivity index (χ2v) is 5.05. The number of nitro benzene ring substituents is 1. The molecule has 0 aliphatic heterocycles. The van der Waals surface area contributed by atoms with Crippen molar-refractivity contribution in [1.29, 1.82) is 0 Å². The quantitative estimate of drug-likeness (QED) is 0.607. The second-order valence-electron chi connectivity index (χ2n) is 5.05. The molecule has 104 valence electrons. The van der Waals surface area contributed by atoms with Gasteiger partial charge >= 0.3 is 5.69 Å². The summed E-state index contributed by atoms with van der Waals surface area (Å²) < 4.78 is 5.59. The molecule has 1 aliphatic rings. The van der Waals surface area contributed by atoms with Gasteiger partial charge in [0.2, 0.25) is 0 Å². The monoisotopic (exact) mass is 264 g/mol. The van der Waals surface area contributed by atoms with E-state index in [1.165, 1.54) is 12.8 Å². The minimum Gasteiger partial charge on any atom is -0.484 e. The number of ether oxygens (including phenoxy) is 1. The van der Waals surface area contributed by atoms with Crippen LogP contribution >= 0.6 is 0 Å². The van der Waals surface area contributed by atoms with Crippen LogP contribution in [-0.2, 0) is 6.54 Å². The maximum atomic E-state index is 11.1. The zero-order valence-corrected chi connectivity index (χ0v) is 11.4. The fraction of sp³-hybridized carbons (Fsp3) is 0.571. The van der Waals surface area contributed by atoms with Crippen LogP contribution in [0, 0.1) is 10.1 Å². The number of nitrogens with one attached hydrogen (secondary N) is 1. The molecular formula is C14H20N2O3. The number of nitro groups is 1. The molecular weight excluding hydrogens is 244 g/mol. The van der Waals surface area contributed by atoms with Crippen molar-refractivity contribution in [3.63, 3.8) is 0 Å². The Labute approximate surface area is 113 Å². The van der Waals surface area contributed by atoms with Gasteiger partial charge in [0, 0.05) is 18.7 Å². The summed E-state index contributed by atoms with van der Waals surface area (Å²) in [4.78, 5) is 10.7. The molecule has 0 saturated heterocycles. The molecule has 0 radical (unpaired) electrons. The standard InChI is InChI=1S/C14H20N2O3/c1-3-10(2)19-14-7-4-11(8-13(14)16(17)18)9-15-12-5-6-12/h4,7-8,10,12,15H,3,5-6,9H2,1-2H3. The summed E-state index contributed by atoms with van der Waals surface area (Å²) in [6.45, 7) is 4.58. The highest BCUT2D eigenvalue weighted by Gasteiger charge is 2.21. The number of nitrogens with zero attached hydrogens (tertiary/aromatic N) is 1. The molecule has 1 aliphatic carbocycles. The van der Waals surface area contributed by atoms with Crippen molar-refractivity contribution in [2.75, 3.05) is 0 Å². The highest BCUT2D eigenvalue weighted by molar-refractivity contribution is 5.48. The third kappa shape index (κ3) is 3.92. The smallest absolute Gasteiger partial charge is 0.311 e. The van der Waals surface area contributed by atoms with Crippen LogP contribution in [0.2, 0.25) is 0 Å². The van der Waals surface area contributed by atoms with E-state index in [9.17, 15) is 10.1 Å². The summed E-state index contributed by atoms with van der Waals surface area (Å²) in [5.41, 5.74) is 0.977. The fourth-order valence-electron chi connectivity index (χ4n) is 1.76. The summed E-state index contributed by atoms with van der Waals surface area (Å²) in [6, 6.07) is 5.79. The van der Waals surface area contributed by atoms with Gasteiger partial charge in [-0.1, -0.05) is 13.0 Å². The first-order valence-corrected chi connectivity index (χ1v) is 6.77. The third-order valence-electron chi connectivity index (χ3n) is 3.30. The van der Waals surface area contributed by atoms with E-state index in [2.05, 4.69) is 5.32 Å². The molecule has 5 nitrogen and oxygen atoms in total. The third-order valence-corrected chi connectivity index (χ3v) is 3.30. The lowest BCUT2D eigenvalue weighted by molar-refractivity contribution is -0.386. The molecule has 1 unspecified atom stereocenters. The molecule has 1 atom stereocenters. The van der Waals surface area contributed by atoms with E-state index >= 15 is 0 Å². The van der Waals surface area contributed by atoms with Crippen molar-refractivity contribution in [2.24, 2.45) is 0 Å². The molecule has 1 aromatic carbocycles. The Balaban J connectivity index is 2.11. The summed E-state index contributed by atoms with van der Waals surface area (Å²) in [5.74, 6) is 0.356. The normalized spacial score (nSPS) is 16.1. The van der Waals surface area contributed by atoms with Crippen LogP contribution in [0.3, 0.4) is 0 Å². The first kappa shape index (κ1) is 13.8. The molecule has 0 spiro atoms. The van der Waals surface area contributed by atoms with Gasteiger partial charge in [-0.15, -0.1) is 0 Å². The molecule has 1 aromatic rings. The average molecular weight is 264 g/mol. The SMILES string of the molecule is CCC(C)Oc1ccc(CNC2CC2)cc1[N+](=O)[O-]. The van der Waals surface area contributed by atoms with Crippen molar-refractivity contribution in [3.05, 3.63) is 33.9 Å². The average Bonchev–Trinajstić information content (AvgIpc) is 3.21. The van der Waals surface area contributed by atoms with E-state index in [4.69, 9.17) is 4.74 Å². The van der Waals surface area contributed by atoms with Crippen LogP contribution < -0.4 is 10.1 Å². The van der Waals surface area contributed by atoms with E-state index in [1.54, 1.807) is 12.1 Å². The molecule has 1 saturated carbocycles. The van der Waals surface area contributed by atoms with Crippen molar-refractivity contribution in [2.45, 2.75) is 51.8 Å². The van der Waals surface area contributed by atoms with Gasteiger partial charge in [0.1, 0.15) is 0 Å². The first-order valence-electron chi connectivity index (χ1n) is 6.77. The maximum absolute atomic E-state index is 11.1. The topological polar surface area (TPSA) is 64.4 Å². The van der Waals surface area contributed by atoms with Crippen LogP contribution in [0.15, 0.2) is 18.2 Å². The predicted octanol–water partition coefficient (Wildman–Crippen LogP) is 3.02. The number of hydrogen-bond acceptors (Lipinski definition) is 4. The van der Waals surface area contributed by atoms with Gasteiger partial charge in [0.15, 0.2) is 5.75 Å². The molecule has 5 heteroatoms. The minimum atomic E-state index is -0.377. The Morgan fingerprint density at radius 1 is 1.53 bits per heavy atom. The summed E-state index contributed by atoms with van der Waals surface area (Å²) in [6.07, 6.45) is 3.21. The van der Waals surface area contributed by atoms with Gasteiger partial charge in [-0.2, -0.15) is 0 Å². The van der Waals surface area contributed by atoms with Crippen LogP contribution in [0.25, 0.3) is 0 Å². The van der Waals surface area contributed by atoms with Crippen LogP contribution in [0.1, 0.15) is 38.7 Å². The zero-order valence-electron chi connectivity index (χ0n) is 11.4. The van der Waals surface area contributed by atoms with Crippen molar-refractivity contribution >= 4 is 5.69 Å². The summed E-state index contributed by atoms with van der Waals surface area (Å²) >= 11 is 0. The van der Waals surface area contributed by atoms with Crippen molar-refractivity contribution in [1.82, 2.24) is 5.32 Å². The Hall–Kier alpha value is -1.62. The Morgan fingerprint density at radius 2 is 2.26 bits per heavy atom. The second kappa shape index (κ2) is 6.02. The molecule has 0 amide bonds. The minimum absolute atomic E-state index is 0.0193. The van der Waals surface area contributed by atoms with E-state index in [-0.39, 0.29) is 16.7 Å². The molecule has 0 aromatic heterocycles. The molecule has 1 N–H and O–H groups in total. The largest absolute Gasteiger partial charge is 0.484 e. The Bertz CT molecular complexity index is 458. The number of benzene rings is 1. The predicted molar refractivity (Wildman–Crippen MR) is 73.3 cm³/mol. The molecule has 0 bridgehead atoms. The maximum Gasteiger partial charge on any atom is 0.311 e.